The zero-order valence-corrected chi connectivity index (χ0v) is 13.6. The van der Waals surface area contributed by atoms with Gasteiger partial charge in [0.05, 0.1) is 6.42 Å². The maximum atomic E-state index is 12.2. The molecule has 1 aromatic rings. The molecular formula is C15H19BrN2O3. The van der Waals surface area contributed by atoms with E-state index in [1.807, 2.05) is 13.0 Å². The van der Waals surface area contributed by atoms with Crippen molar-refractivity contribution in [3.8, 4) is 0 Å². The molecule has 1 amide bonds. The molecule has 0 radical (unpaired) electrons. The number of carbonyl (C=O) groups excluding carboxylic acids is 1. The first kappa shape index (κ1) is 15.9. The van der Waals surface area contributed by atoms with Crippen LogP contribution in [-0.4, -0.2) is 22.0 Å². The molecule has 1 aromatic heterocycles. The second-order valence-corrected chi connectivity index (χ2v) is 6.74. The van der Waals surface area contributed by atoms with Crippen molar-refractivity contribution < 1.29 is 14.7 Å². The first-order chi connectivity index (χ1) is 9.90. The molecule has 0 spiro atoms. The lowest BCUT2D eigenvalue weighted by Crippen LogP contribution is -2.28. The topological polar surface area (TPSA) is 79.3 Å². The molecule has 0 aromatic carbocycles. The molecule has 114 valence electrons. The summed E-state index contributed by atoms with van der Waals surface area (Å²) in [6.45, 7) is 1.87. The van der Waals surface area contributed by atoms with Crippen LogP contribution in [0, 0.1) is 12.3 Å². The summed E-state index contributed by atoms with van der Waals surface area (Å²) in [5.41, 5.74) is 0.482. The van der Waals surface area contributed by atoms with Crippen LogP contribution >= 0.6 is 15.9 Å². The number of amides is 1. The molecule has 2 N–H and O–H groups in total. The number of aromatic nitrogens is 1. The minimum absolute atomic E-state index is 0.0627. The molecule has 0 bridgehead atoms. The third-order valence-corrected chi connectivity index (χ3v) is 4.46. The zero-order valence-electron chi connectivity index (χ0n) is 12.0. The molecule has 0 saturated heterocycles. The summed E-state index contributed by atoms with van der Waals surface area (Å²) >= 11 is 3.33. The molecule has 0 unspecified atom stereocenters. The Balaban J connectivity index is 2.04. The largest absolute Gasteiger partial charge is 0.481 e. The number of carbonyl (C=O) groups is 2. The molecule has 0 atom stereocenters. The van der Waals surface area contributed by atoms with Crippen molar-refractivity contribution >= 4 is 33.6 Å². The Labute approximate surface area is 132 Å². The van der Waals surface area contributed by atoms with Crippen LogP contribution < -0.4 is 5.32 Å². The van der Waals surface area contributed by atoms with Gasteiger partial charge in [-0.25, -0.2) is 4.98 Å². The van der Waals surface area contributed by atoms with E-state index in [-0.39, 0.29) is 24.2 Å². The average molecular weight is 355 g/mol. The van der Waals surface area contributed by atoms with E-state index in [0.717, 1.165) is 35.7 Å². The first-order valence-electron chi connectivity index (χ1n) is 7.04. The van der Waals surface area contributed by atoms with Crippen molar-refractivity contribution in [3.63, 3.8) is 0 Å². The standard InChI is InChI=1S/C15H19BrN2O3/c1-10-6-11(16)9-17-14(10)18-12(19)7-15(8-13(20)21)4-2-3-5-15/h6,9H,2-5,7-8H2,1H3,(H,20,21)(H,17,18,19). The van der Waals surface area contributed by atoms with Crippen molar-refractivity contribution in [2.45, 2.75) is 45.4 Å². The Morgan fingerprint density at radius 1 is 1.38 bits per heavy atom. The Morgan fingerprint density at radius 2 is 2.05 bits per heavy atom. The highest BCUT2D eigenvalue weighted by Gasteiger charge is 2.38. The summed E-state index contributed by atoms with van der Waals surface area (Å²) in [6, 6.07) is 1.88. The highest BCUT2D eigenvalue weighted by molar-refractivity contribution is 9.10. The molecule has 1 heterocycles. The van der Waals surface area contributed by atoms with Gasteiger partial charge in [-0.3, -0.25) is 9.59 Å². The minimum atomic E-state index is -0.831. The van der Waals surface area contributed by atoms with Gasteiger partial charge in [-0.1, -0.05) is 12.8 Å². The van der Waals surface area contributed by atoms with E-state index in [1.165, 1.54) is 0 Å². The quantitative estimate of drug-likeness (QED) is 0.847. The van der Waals surface area contributed by atoms with Gasteiger partial charge >= 0.3 is 5.97 Å². The molecule has 1 aliphatic carbocycles. The summed E-state index contributed by atoms with van der Waals surface area (Å²) in [5.74, 6) is -0.453. The normalized spacial score (nSPS) is 16.7. The molecule has 1 fully saturated rings. The zero-order chi connectivity index (χ0) is 15.5. The number of aliphatic carboxylic acids is 1. The van der Waals surface area contributed by atoms with Gasteiger partial charge in [0, 0.05) is 17.1 Å². The van der Waals surface area contributed by atoms with Crippen molar-refractivity contribution in [1.82, 2.24) is 4.98 Å². The third-order valence-electron chi connectivity index (χ3n) is 4.03. The SMILES string of the molecule is Cc1cc(Br)cnc1NC(=O)CC1(CC(=O)O)CCCC1. The summed E-state index contributed by atoms with van der Waals surface area (Å²) in [4.78, 5) is 27.5. The lowest BCUT2D eigenvalue weighted by Gasteiger charge is -2.26. The summed E-state index contributed by atoms with van der Waals surface area (Å²) in [5, 5.41) is 11.9. The maximum absolute atomic E-state index is 12.2. The first-order valence-corrected chi connectivity index (χ1v) is 7.83. The van der Waals surface area contributed by atoms with Crippen LogP contribution in [0.25, 0.3) is 0 Å². The average Bonchev–Trinajstić information content (AvgIpc) is 2.80. The van der Waals surface area contributed by atoms with Crippen LogP contribution in [0.5, 0.6) is 0 Å². The predicted octanol–water partition coefficient (Wildman–Crippen LogP) is 3.52. The van der Waals surface area contributed by atoms with E-state index < -0.39 is 5.97 Å². The van der Waals surface area contributed by atoms with Crippen LogP contribution in [0.15, 0.2) is 16.7 Å². The second kappa shape index (κ2) is 6.56. The number of anilines is 1. The smallest absolute Gasteiger partial charge is 0.303 e. The van der Waals surface area contributed by atoms with Gasteiger partial charge in [-0.05, 0) is 52.7 Å². The van der Waals surface area contributed by atoms with Crippen molar-refractivity contribution in [1.29, 1.82) is 0 Å². The number of pyridine rings is 1. The number of nitrogens with zero attached hydrogens (tertiary/aromatic N) is 1. The third kappa shape index (κ3) is 4.27. The molecule has 6 heteroatoms. The van der Waals surface area contributed by atoms with E-state index >= 15 is 0 Å². The van der Waals surface area contributed by atoms with Crippen molar-refractivity contribution in [2.24, 2.45) is 5.41 Å². The van der Waals surface area contributed by atoms with Gasteiger partial charge in [-0.2, -0.15) is 0 Å². The fourth-order valence-corrected chi connectivity index (χ4v) is 3.50. The van der Waals surface area contributed by atoms with E-state index in [2.05, 4.69) is 26.2 Å². The number of halogens is 1. The number of nitrogens with one attached hydrogen (secondary N) is 1. The van der Waals surface area contributed by atoms with Crippen molar-refractivity contribution in [2.75, 3.05) is 5.32 Å². The Morgan fingerprint density at radius 3 is 2.62 bits per heavy atom. The molecule has 0 aliphatic heterocycles. The highest BCUT2D eigenvalue weighted by atomic mass is 79.9. The Kier molecular flexibility index (Phi) is 4.98. The number of rotatable bonds is 5. The van der Waals surface area contributed by atoms with Crippen molar-refractivity contribution in [3.05, 3.63) is 22.3 Å². The molecule has 1 aliphatic rings. The van der Waals surface area contributed by atoms with Crippen LogP contribution in [0.1, 0.15) is 44.1 Å². The van der Waals surface area contributed by atoms with E-state index in [1.54, 1.807) is 6.20 Å². The number of carboxylic acids is 1. The number of aryl methyl sites for hydroxylation is 1. The molecule has 5 nitrogen and oxygen atoms in total. The van der Waals surface area contributed by atoms with E-state index in [0.29, 0.717) is 5.82 Å². The Bertz CT molecular complexity index is 554. The van der Waals surface area contributed by atoms with Gasteiger partial charge < -0.3 is 10.4 Å². The lowest BCUT2D eigenvalue weighted by atomic mass is 9.79. The Hall–Kier alpha value is -1.43. The van der Waals surface area contributed by atoms with Crippen LogP contribution in [0.2, 0.25) is 0 Å². The number of hydrogen-bond acceptors (Lipinski definition) is 3. The van der Waals surface area contributed by atoms with Crippen LogP contribution in [-0.2, 0) is 9.59 Å². The number of hydrogen-bond donors (Lipinski definition) is 2. The van der Waals surface area contributed by atoms with Gasteiger partial charge in [0.25, 0.3) is 0 Å². The molecule has 21 heavy (non-hydrogen) atoms. The summed E-state index contributed by atoms with van der Waals surface area (Å²) in [7, 11) is 0. The summed E-state index contributed by atoms with van der Waals surface area (Å²) in [6.07, 6.45) is 5.54. The predicted molar refractivity (Wildman–Crippen MR) is 83.1 cm³/mol. The monoisotopic (exact) mass is 354 g/mol. The number of carboxylic acid groups (broad SMARTS) is 1. The molecule has 2 rings (SSSR count). The van der Waals surface area contributed by atoms with Gasteiger partial charge in [-0.15, -0.1) is 0 Å². The minimum Gasteiger partial charge on any atom is -0.481 e. The highest BCUT2D eigenvalue weighted by Crippen LogP contribution is 2.44. The fraction of sp³-hybridized carbons (Fsp3) is 0.533. The maximum Gasteiger partial charge on any atom is 0.303 e. The van der Waals surface area contributed by atoms with E-state index in [4.69, 9.17) is 5.11 Å². The van der Waals surface area contributed by atoms with Crippen LogP contribution in [0.3, 0.4) is 0 Å². The van der Waals surface area contributed by atoms with Crippen LogP contribution in [0.4, 0.5) is 5.82 Å². The van der Waals surface area contributed by atoms with E-state index in [9.17, 15) is 9.59 Å². The van der Waals surface area contributed by atoms with Gasteiger partial charge in [0.2, 0.25) is 5.91 Å². The fourth-order valence-electron chi connectivity index (χ4n) is 3.05. The lowest BCUT2D eigenvalue weighted by molar-refractivity contribution is -0.140. The van der Waals surface area contributed by atoms with Gasteiger partial charge in [0.1, 0.15) is 5.82 Å². The molecule has 1 saturated carbocycles. The van der Waals surface area contributed by atoms with Gasteiger partial charge in [0.15, 0.2) is 0 Å². The molecular weight excluding hydrogens is 336 g/mol. The summed E-state index contributed by atoms with van der Waals surface area (Å²) < 4.78 is 0.858. The second-order valence-electron chi connectivity index (χ2n) is 5.82.